The summed E-state index contributed by atoms with van der Waals surface area (Å²) in [6.07, 6.45) is 5.60. The van der Waals surface area contributed by atoms with Crippen LogP contribution in [0.3, 0.4) is 0 Å². The van der Waals surface area contributed by atoms with Gasteiger partial charge in [-0.15, -0.1) is 10.2 Å². The van der Waals surface area contributed by atoms with Crippen molar-refractivity contribution >= 4 is 28.4 Å². The molecule has 0 atom stereocenters. The summed E-state index contributed by atoms with van der Waals surface area (Å²) in [5.74, 6) is 0. The predicted octanol–water partition coefficient (Wildman–Crippen LogP) is 3.05. The summed E-state index contributed by atoms with van der Waals surface area (Å²) >= 11 is 1.54. The molecule has 5 aromatic rings. The number of rotatable bonds is 4. The molecule has 0 saturated heterocycles. The summed E-state index contributed by atoms with van der Waals surface area (Å²) in [7, 11) is 1.89. The van der Waals surface area contributed by atoms with Crippen LogP contribution in [0.4, 0.5) is 0 Å². The summed E-state index contributed by atoms with van der Waals surface area (Å²) in [5, 5.41) is 18.2. The first-order valence-electron chi connectivity index (χ1n) is 8.55. The molecule has 0 amide bonds. The molecular formula is C18H16N8S. The second-order valence-electron chi connectivity index (χ2n) is 6.16. The van der Waals surface area contributed by atoms with Gasteiger partial charge in [-0.25, -0.2) is 4.98 Å². The molecule has 0 N–H and O–H groups in total. The highest BCUT2D eigenvalue weighted by Gasteiger charge is 2.12. The van der Waals surface area contributed by atoms with E-state index in [1.807, 2.05) is 43.8 Å². The van der Waals surface area contributed by atoms with Crippen molar-refractivity contribution < 1.29 is 0 Å². The molecule has 0 spiro atoms. The van der Waals surface area contributed by atoms with Gasteiger partial charge in [0.1, 0.15) is 0 Å². The Kier molecular flexibility index (Phi) is 3.68. The van der Waals surface area contributed by atoms with Crippen molar-refractivity contribution in [2.45, 2.75) is 23.5 Å². The Morgan fingerprint density at radius 3 is 2.85 bits per heavy atom. The summed E-state index contributed by atoms with van der Waals surface area (Å²) in [4.78, 5) is 5.49. The van der Waals surface area contributed by atoms with Gasteiger partial charge in [-0.1, -0.05) is 0 Å². The van der Waals surface area contributed by atoms with Crippen LogP contribution in [-0.2, 0) is 13.6 Å². The molecule has 27 heavy (non-hydrogen) atoms. The monoisotopic (exact) mass is 376 g/mol. The second kappa shape index (κ2) is 6.20. The predicted molar refractivity (Wildman–Crippen MR) is 103 cm³/mol. The first-order chi connectivity index (χ1) is 13.2. The molecule has 0 aliphatic carbocycles. The van der Waals surface area contributed by atoms with E-state index in [1.54, 1.807) is 15.4 Å². The van der Waals surface area contributed by atoms with E-state index < -0.39 is 0 Å². The molecule has 5 rings (SSSR count). The van der Waals surface area contributed by atoms with E-state index in [0.29, 0.717) is 5.65 Å². The lowest BCUT2D eigenvalue weighted by atomic mass is 10.2. The average molecular weight is 376 g/mol. The zero-order valence-corrected chi connectivity index (χ0v) is 15.6. The van der Waals surface area contributed by atoms with Crippen molar-refractivity contribution in [1.82, 2.24) is 39.1 Å². The van der Waals surface area contributed by atoms with Crippen molar-refractivity contribution in [3.05, 3.63) is 49.1 Å². The number of hydrogen-bond donors (Lipinski definition) is 0. The fraction of sp³-hybridized carbons (Fsp3) is 0.167. The number of hydrogen-bond acceptors (Lipinski definition) is 6. The first-order valence-corrected chi connectivity index (χ1v) is 9.37. The van der Waals surface area contributed by atoms with E-state index in [-0.39, 0.29) is 0 Å². The van der Waals surface area contributed by atoms with Crippen molar-refractivity contribution in [2.24, 2.45) is 7.05 Å². The van der Waals surface area contributed by atoms with Gasteiger partial charge in [0.15, 0.2) is 5.65 Å². The number of benzene rings is 1. The van der Waals surface area contributed by atoms with Gasteiger partial charge in [-0.3, -0.25) is 4.68 Å². The molecule has 134 valence electrons. The van der Waals surface area contributed by atoms with E-state index in [9.17, 15) is 0 Å². The Morgan fingerprint density at radius 2 is 2.04 bits per heavy atom. The van der Waals surface area contributed by atoms with Crippen molar-refractivity contribution in [3.8, 4) is 11.3 Å². The number of aromatic nitrogens is 8. The van der Waals surface area contributed by atoms with Crippen LogP contribution in [0.25, 0.3) is 27.9 Å². The van der Waals surface area contributed by atoms with Gasteiger partial charge in [0.05, 0.1) is 29.3 Å². The topological polar surface area (TPSA) is 78.7 Å². The Balaban J connectivity index is 1.55. The molecule has 0 bridgehead atoms. The Labute approximate surface area is 158 Å². The number of imidazole rings is 1. The van der Waals surface area contributed by atoms with E-state index in [2.05, 4.69) is 37.8 Å². The highest BCUT2D eigenvalue weighted by atomic mass is 32.2. The van der Waals surface area contributed by atoms with Crippen LogP contribution in [0.2, 0.25) is 0 Å². The van der Waals surface area contributed by atoms with Crippen LogP contribution >= 0.6 is 11.8 Å². The van der Waals surface area contributed by atoms with Crippen molar-refractivity contribution in [2.75, 3.05) is 0 Å². The van der Waals surface area contributed by atoms with Crippen LogP contribution < -0.4 is 0 Å². The fourth-order valence-electron chi connectivity index (χ4n) is 3.00. The Bertz CT molecular complexity index is 1270. The molecule has 1 aromatic carbocycles. The lowest BCUT2D eigenvalue weighted by molar-refractivity contribution is 0.767. The minimum Gasteiger partial charge on any atom is -0.331 e. The van der Waals surface area contributed by atoms with E-state index in [4.69, 9.17) is 5.10 Å². The van der Waals surface area contributed by atoms with Crippen molar-refractivity contribution in [1.29, 1.82) is 0 Å². The smallest absolute Gasteiger partial charge is 0.217 e. The molecule has 9 heteroatoms. The quantitative estimate of drug-likeness (QED) is 0.480. The highest BCUT2D eigenvalue weighted by Crippen LogP contribution is 2.29. The SMILES string of the molecule is CCn1cnc2ccc(Sc3nnc4ccc(-c5cnn(C)c5)nn34)cc21. The Hall–Kier alpha value is -3.20. The molecule has 0 unspecified atom stereocenters. The normalized spacial score (nSPS) is 11.6. The number of fused-ring (bicyclic) bond motifs is 2. The largest absolute Gasteiger partial charge is 0.331 e. The fourth-order valence-corrected chi connectivity index (χ4v) is 3.82. The maximum atomic E-state index is 4.70. The lowest BCUT2D eigenvalue weighted by Crippen LogP contribution is -1.96. The average Bonchev–Trinajstić information content (AvgIpc) is 3.40. The Morgan fingerprint density at radius 1 is 1.11 bits per heavy atom. The van der Waals surface area contributed by atoms with Crippen LogP contribution in [0.1, 0.15) is 6.92 Å². The van der Waals surface area contributed by atoms with Gasteiger partial charge in [0.2, 0.25) is 5.16 Å². The van der Waals surface area contributed by atoms with Crippen LogP contribution in [0, 0.1) is 0 Å². The third-order valence-corrected chi connectivity index (χ3v) is 5.30. The molecule has 8 nitrogen and oxygen atoms in total. The van der Waals surface area contributed by atoms with Crippen LogP contribution in [0.5, 0.6) is 0 Å². The van der Waals surface area contributed by atoms with Crippen LogP contribution in [0.15, 0.2) is 59.1 Å². The maximum Gasteiger partial charge on any atom is 0.217 e. The van der Waals surface area contributed by atoms with Crippen molar-refractivity contribution in [3.63, 3.8) is 0 Å². The van der Waals surface area contributed by atoms with Gasteiger partial charge in [-0.2, -0.15) is 14.7 Å². The zero-order valence-electron chi connectivity index (χ0n) is 14.8. The highest BCUT2D eigenvalue weighted by molar-refractivity contribution is 7.99. The molecule has 0 aliphatic rings. The van der Waals surface area contributed by atoms with Gasteiger partial charge >= 0.3 is 0 Å². The van der Waals surface area contributed by atoms with Gasteiger partial charge in [-0.05, 0) is 49.0 Å². The van der Waals surface area contributed by atoms with Gasteiger partial charge < -0.3 is 4.57 Å². The lowest BCUT2D eigenvalue weighted by Gasteiger charge is -2.03. The number of aryl methyl sites for hydroxylation is 2. The molecular weight excluding hydrogens is 360 g/mol. The van der Waals surface area contributed by atoms with Crippen LogP contribution in [-0.4, -0.2) is 39.1 Å². The molecule has 0 fully saturated rings. The van der Waals surface area contributed by atoms with Gasteiger partial charge in [0, 0.05) is 30.2 Å². The zero-order chi connectivity index (χ0) is 18.4. The van der Waals surface area contributed by atoms with E-state index >= 15 is 0 Å². The van der Waals surface area contributed by atoms with E-state index in [0.717, 1.165) is 38.9 Å². The standard InChI is InChI=1S/C18H16N8S/c1-3-25-11-19-15-5-4-13(8-16(15)25)27-18-22-21-17-7-6-14(23-26(17)18)12-9-20-24(2)10-12/h4-11H,3H2,1-2H3. The molecule has 0 saturated carbocycles. The minimum absolute atomic E-state index is 0.713. The first kappa shape index (κ1) is 16.0. The molecule has 4 aromatic heterocycles. The second-order valence-corrected chi connectivity index (χ2v) is 7.20. The molecule has 4 heterocycles. The molecule has 0 radical (unpaired) electrons. The maximum absolute atomic E-state index is 4.70. The summed E-state index contributed by atoms with van der Waals surface area (Å²) in [6, 6.07) is 10.1. The summed E-state index contributed by atoms with van der Waals surface area (Å²) < 4.78 is 5.66. The summed E-state index contributed by atoms with van der Waals surface area (Å²) in [5.41, 5.74) is 4.60. The summed E-state index contributed by atoms with van der Waals surface area (Å²) in [6.45, 7) is 2.99. The molecule has 0 aliphatic heterocycles. The third-order valence-electron chi connectivity index (χ3n) is 4.38. The minimum atomic E-state index is 0.713. The van der Waals surface area contributed by atoms with Gasteiger partial charge in [0.25, 0.3) is 0 Å². The van der Waals surface area contributed by atoms with E-state index in [1.165, 1.54) is 11.8 Å². The number of nitrogens with zero attached hydrogens (tertiary/aromatic N) is 8. The third kappa shape index (κ3) is 2.76.